The van der Waals surface area contributed by atoms with E-state index in [1.165, 1.54) is 17.1 Å². The summed E-state index contributed by atoms with van der Waals surface area (Å²) < 4.78 is 29.0. The summed E-state index contributed by atoms with van der Waals surface area (Å²) in [6, 6.07) is 11.1. The van der Waals surface area contributed by atoms with Crippen molar-refractivity contribution < 1.29 is 13.6 Å². The van der Waals surface area contributed by atoms with Gasteiger partial charge in [0.05, 0.1) is 12.2 Å². The highest BCUT2D eigenvalue weighted by molar-refractivity contribution is 5.91. The molecule has 7 nitrogen and oxygen atoms in total. The SMILES string of the molecule is Cc1ccc(NC(=O)N2N=CC[C@@H]2c2cc(F)cc(F)c2)cc1C#Cc1cnc2cccnn12. The first-order valence-corrected chi connectivity index (χ1v) is 10.5. The first kappa shape index (κ1) is 21.3. The van der Waals surface area contributed by atoms with Gasteiger partial charge in [0.25, 0.3) is 0 Å². The molecule has 2 aromatic heterocycles. The number of fused-ring (bicyclic) bond motifs is 1. The van der Waals surface area contributed by atoms with Crippen molar-refractivity contribution in [2.45, 2.75) is 19.4 Å². The van der Waals surface area contributed by atoms with Crippen LogP contribution in [-0.2, 0) is 0 Å². The number of nitrogens with one attached hydrogen (secondary N) is 1. The smallest absolute Gasteiger partial charge is 0.306 e. The van der Waals surface area contributed by atoms with Gasteiger partial charge in [0.1, 0.15) is 17.3 Å². The molecular formula is C25H18F2N6O. The van der Waals surface area contributed by atoms with Crippen LogP contribution in [0.2, 0.25) is 0 Å². The number of hydrogen-bond acceptors (Lipinski definition) is 4. The summed E-state index contributed by atoms with van der Waals surface area (Å²) in [7, 11) is 0. The summed E-state index contributed by atoms with van der Waals surface area (Å²) in [5.74, 6) is 4.77. The lowest BCUT2D eigenvalue weighted by Crippen LogP contribution is -2.31. The van der Waals surface area contributed by atoms with Crippen molar-refractivity contribution in [2.75, 3.05) is 5.32 Å². The van der Waals surface area contributed by atoms with Gasteiger partial charge < -0.3 is 5.32 Å². The minimum Gasteiger partial charge on any atom is -0.306 e. The third-order valence-electron chi connectivity index (χ3n) is 5.40. The molecule has 0 spiro atoms. The maximum Gasteiger partial charge on any atom is 0.342 e. The van der Waals surface area contributed by atoms with Crippen LogP contribution in [0.1, 0.15) is 34.8 Å². The number of nitrogens with zero attached hydrogens (tertiary/aromatic N) is 5. The Morgan fingerprint density at radius 1 is 1.12 bits per heavy atom. The molecular weight excluding hydrogens is 438 g/mol. The van der Waals surface area contributed by atoms with Gasteiger partial charge in [-0.3, -0.25) is 0 Å². The van der Waals surface area contributed by atoms with Crippen LogP contribution in [0.4, 0.5) is 19.3 Å². The normalized spacial score (nSPS) is 14.8. The summed E-state index contributed by atoms with van der Waals surface area (Å²) in [4.78, 5) is 17.2. The number of carbonyl (C=O) groups is 1. The number of benzene rings is 2. The molecule has 1 aliphatic heterocycles. The number of carbonyl (C=O) groups excluding carboxylic acids is 1. The largest absolute Gasteiger partial charge is 0.342 e. The lowest BCUT2D eigenvalue weighted by molar-refractivity contribution is 0.200. The molecule has 0 radical (unpaired) electrons. The molecule has 0 saturated heterocycles. The average Bonchev–Trinajstić information content (AvgIpc) is 3.46. The van der Waals surface area contributed by atoms with Gasteiger partial charge in [0, 0.05) is 36.1 Å². The van der Waals surface area contributed by atoms with E-state index in [9.17, 15) is 13.6 Å². The third-order valence-corrected chi connectivity index (χ3v) is 5.40. The van der Waals surface area contributed by atoms with Gasteiger partial charge in [-0.2, -0.15) is 10.2 Å². The van der Waals surface area contributed by atoms with Gasteiger partial charge in [0.2, 0.25) is 0 Å². The first-order valence-electron chi connectivity index (χ1n) is 10.5. The molecule has 4 aromatic rings. The number of aromatic nitrogens is 3. The van der Waals surface area contributed by atoms with E-state index >= 15 is 0 Å². The number of urea groups is 1. The lowest BCUT2D eigenvalue weighted by Gasteiger charge is -2.22. The Labute approximate surface area is 193 Å². The lowest BCUT2D eigenvalue weighted by atomic mass is 10.0. The van der Waals surface area contributed by atoms with Crippen molar-refractivity contribution >= 4 is 23.6 Å². The van der Waals surface area contributed by atoms with Gasteiger partial charge >= 0.3 is 6.03 Å². The van der Waals surface area contributed by atoms with Crippen molar-refractivity contribution in [2.24, 2.45) is 5.10 Å². The maximum absolute atomic E-state index is 13.7. The Balaban J connectivity index is 1.37. The molecule has 9 heteroatoms. The zero-order valence-electron chi connectivity index (χ0n) is 18.0. The summed E-state index contributed by atoms with van der Waals surface area (Å²) in [6.45, 7) is 1.92. The van der Waals surface area contributed by atoms with Crippen LogP contribution in [0.15, 0.2) is 66.0 Å². The van der Waals surface area contributed by atoms with Gasteiger partial charge in [-0.25, -0.2) is 28.1 Å². The zero-order valence-corrected chi connectivity index (χ0v) is 18.0. The number of rotatable bonds is 2. The van der Waals surface area contributed by atoms with Crippen molar-refractivity contribution in [1.82, 2.24) is 19.6 Å². The van der Waals surface area contributed by atoms with Crippen molar-refractivity contribution in [3.8, 4) is 11.8 Å². The predicted octanol–water partition coefficient (Wildman–Crippen LogP) is 4.68. The van der Waals surface area contributed by atoms with E-state index in [1.54, 1.807) is 41.3 Å². The minimum absolute atomic E-state index is 0.335. The molecule has 2 amide bonds. The number of anilines is 1. The quantitative estimate of drug-likeness (QED) is 0.445. The van der Waals surface area contributed by atoms with Gasteiger partial charge in [0.15, 0.2) is 5.65 Å². The standard InChI is InChI=1S/C25H18F2N6O/c1-16-4-6-21(13-17(16)5-7-22-15-28-24-3-2-9-29-32(22)24)31-25(34)33-23(8-10-30-33)18-11-19(26)14-20(27)12-18/h2-4,6,9-15,23H,8H2,1H3,(H,31,34)/t23-/m1/s1. The topological polar surface area (TPSA) is 74.9 Å². The Kier molecular flexibility index (Phi) is 5.47. The zero-order chi connectivity index (χ0) is 23.7. The molecule has 0 saturated carbocycles. The number of imidazole rings is 1. The van der Waals surface area contributed by atoms with E-state index in [2.05, 4.69) is 32.3 Å². The van der Waals surface area contributed by atoms with E-state index in [1.807, 2.05) is 19.1 Å². The monoisotopic (exact) mass is 456 g/mol. The number of aryl methyl sites for hydroxylation is 1. The molecule has 1 aliphatic rings. The fraction of sp³-hybridized carbons (Fsp3) is 0.120. The third kappa shape index (κ3) is 4.21. The second kappa shape index (κ2) is 8.75. The van der Waals surface area contributed by atoms with Gasteiger partial charge in [-0.1, -0.05) is 12.0 Å². The Bertz CT molecular complexity index is 1480. The fourth-order valence-corrected chi connectivity index (χ4v) is 3.72. The van der Waals surface area contributed by atoms with Gasteiger partial charge in [-0.15, -0.1) is 0 Å². The number of hydrogen-bond donors (Lipinski definition) is 1. The number of halogens is 2. The van der Waals surface area contributed by atoms with Crippen LogP contribution >= 0.6 is 0 Å². The molecule has 0 aliphatic carbocycles. The number of hydrazone groups is 1. The van der Waals surface area contributed by atoms with Crippen LogP contribution in [0.25, 0.3) is 5.65 Å². The van der Waals surface area contributed by atoms with Crippen LogP contribution < -0.4 is 5.32 Å². The minimum atomic E-state index is -0.704. The van der Waals surface area contributed by atoms with E-state index in [0.717, 1.165) is 17.2 Å². The maximum atomic E-state index is 13.7. The molecule has 0 fully saturated rings. The molecule has 2 aromatic carbocycles. The molecule has 0 bridgehead atoms. The molecule has 0 unspecified atom stereocenters. The highest BCUT2D eigenvalue weighted by atomic mass is 19.1. The van der Waals surface area contributed by atoms with E-state index in [-0.39, 0.29) is 0 Å². The van der Waals surface area contributed by atoms with Crippen LogP contribution in [0.5, 0.6) is 0 Å². The van der Waals surface area contributed by atoms with Crippen LogP contribution in [-0.4, -0.2) is 31.9 Å². The van der Waals surface area contributed by atoms with E-state index in [4.69, 9.17) is 0 Å². The van der Waals surface area contributed by atoms with Crippen LogP contribution in [0.3, 0.4) is 0 Å². The molecule has 5 rings (SSSR count). The Morgan fingerprint density at radius 2 is 1.94 bits per heavy atom. The van der Waals surface area contributed by atoms with Crippen LogP contribution in [0, 0.1) is 30.4 Å². The second-order valence-electron chi connectivity index (χ2n) is 7.74. The van der Waals surface area contributed by atoms with Crippen molar-refractivity contribution in [1.29, 1.82) is 0 Å². The summed E-state index contributed by atoms with van der Waals surface area (Å²) in [5.41, 5.74) is 3.84. The predicted molar refractivity (Wildman–Crippen MR) is 123 cm³/mol. The van der Waals surface area contributed by atoms with E-state index in [0.29, 0.717) is 29.0 Å². The molecule has 168 valence electrons. The molecule has 1 N–H and O–H groups in total. The fourth-order valence-electron chi connectivity index (χ4n) is 3.72. The summed E-state index contributed by atoms with van der Waals surface area (Å²) in [5, 5.41) is 12.3. The van der Waals surface area contributed by atoms with Crippen molar-refractivity contribution in [3.05, 3.63) is 94.9 Å². The number of amides is 2. The molecule has 34 heavy (non-hydrogen) atoms. The highest BCUT2D eigenvalue weighted by Crippen LogP contribution is 2.30. The van der Waals surface area contributed by atoms with Gasteiger partial charge in [-0.05, 0) is 60.4 Å². The van der Waals surface area contributed by atoms with Crippen molar-refractivity contribution in [3.63, 3.8) is 0 Å². The Hall–Kier alpha value is -4.58. The Morgan fingerprint density at radius 3 is 2.76 bits per heavy atom. The van der Waals surface area contributed by atoms with E-state index < -0.39 is 23.7 Å². The second-order valence-corrected chi connectivity index (χ2v) is 7.74. The highest BCUT2D eigenvalue weighted by Gasteiger charge is 2.29. The average molecular weight is 456 g/mol. The summed E-state index contributed by atoms with van der Waals surface area (Å²) in [6.07, 6.45) is 5.21. The molecule has 1 atom stereocenters. The molecule has 3 heterocycles. The summed E-state index contributed by atoms with van der Waals surface area (Å²) >= 11 is 0. The first-order chi connectivity index (χ1) is 16.5.